The van der Waals surface area contributed by atoms with Crippen molar-refractivity contribution in [3.63, 3.8) is 0 Å². The first-order chi connectivity index (χ1) is 5.42. The minimum atomic E-state index is 0. The molecule has 12 heavy (non-hydrogen) atoms. The zero-order chi connectivity index (χ0) is 7.68. The number of fused-ring (bicyclic) bond motifs is 1. The van der Waals surface area contributed by atoms with Gasteiger partial charge in [-0.2, -0.15) is 0 Å². The van der Waals surface area contributed by atoms with E-state index in [9.17, 15) is 0 Å². The smallest absolute Gasteiger partial charge is 0.0465 e. The summed E-state index contributed by atoms with van der Waals surface area (Å²) in [4.78, 5) is 0. The second-order valence-electron chi connectivity index (χ2n) is 2.96. The number of rotatable bonds is 1. The second-order valence-corrected chi connectivity index (χ2v) is 2.96. The summed E-state index contributed by atoms with van der Waals surface area (Å²) in [7, 11) is 0. The summed E-state index contributed by atoms with van der Waals surface area (Å²) in [5.74, 6) is 5.40. The van der Waals surface area contributed by atoms with E-state index in [1.807, 2.05) is 0 Å². The third-order valence-corrected chi connectivity index (χ3v) is 2.33. The summed E-state index contributed by atoms with van der Waals surface area (Å²) in [6.45, 7) is 0. The molecule has 2 rings (SSSR count). The van der Waals surface area contributed by atoms with E-state index in [1.165, 1.54) is 11.1 Å². The van der Waals surface area contributed by atoms with E-state index in [4.69, 9.17) is 5.84 Å². The van der Waals surface area contributed by atoms with Crippen LogP contribution in [0.15, 0.2) is 24.3 Å². The Morgan fingerprint density at radius 2 is 2.08 bits per heavy atom. The van der Waals surface area contributed by atoms with Gasteiger partial charge in [-0.3, -0.25) is 11.3 Å². The lowest BCUT2D eigenvalue weighted by molar-refractivity contribution is 0.551. The number of benzene rings is 1. The molecule has 1 aliphatic rings. The Hall–Kier alpha value is -0.570. The molecule has 0 heterocycles. The van der Waals surface area contributed by atoms with Crippen LogP contribution in [0.1, 0.15) is 23.6 Å². The fourth-order valence-electron chi connectivity index (χ4n) is 1.73. The molecule has 0 spiro atoms. The van der Waals surface area contributed by atoms with Gasteiger partial charge in [-0.05, 0) is 24.0 Å². The molecular weight excluding hydrogens is 172 g/mol. The molecule has 3 heteroatoms. The van der Waals surface area contributed by atoms with Gasteiger partial charge in [-0.25, -0.2) is 0 Å². The van der Waals surface area contributed by atoms with Crippen LogP contribution in [0.2, 0.25) is 0 Å². The average molecular weight is 185 g/mol. The van der Waals surface area contributed by atoms with Gasteiger partial charge in [-0.15, -0.1) is 12.4 Å². The molecule has 66 valence electrons. The highest BCUT2D eigenvalue weighted by Gasteiger charge is 2.19. The molecule has 0 aliphatic heterocycles. The Balaban J connectivity index is 0.000000720. The molecule has 1 aromatic rings. The van der Waals surface area contributed by atoms with Gasteiger partial charge in [0.1, 0.15) is 0 Å². The first-order valence-corrected chi connectivity index (χ1v) is 3.96. The monoisotopic (exact) mass is 184 g/mol. The van der Waals surface area contributed by atoms with Crippen LogP contribution in [0, 0.1) is 0 Å². The standard InChI is InChI=1S/C9H12N2.ClH/c10-11-9-6-5-7-3-1-2-4-8(7)9;/h1-4,9,11H,5-6,10H2;1H. The van der Waals surface area contributed by atoms with Gasteiger partial charge < -0.3 is 0 Å². The zero-order valence-electron chi connectivity index (χ0n) is 6.79. The van der Waals surface area contributed by atoms with E-state index in [2.05, 4.69) is 29.7 Å². The lowest BCUT2D eigenvalue weighted by Gasteiger charge is -2.08. The van der Waals surface area contributed by atoms with E-state index in [1.54, 1.807) is 0 Å². The number of hydrazine groups is 1. The molecule has 0 radical (unpaired) electrons. The molecule has 1 aliphatic carbocycles. The van der Waals surface area contributed by atoms with Crippen LogP contribution < -0.4 is 11.3 Å². The molecule has 2 nitrogen and oxygen atoms in total. The van der Waals surface area contributed by atoms with Gasteiger partial charge in [0.2, 0.25) is 0 Å². The van der Waals surface area contributed by atoms with Gasteiger partial charge in [0.05, 0.1) is 0 Å². The quantitative estimate of drug-likeness (QED) is 0.514. The number of nitrogens with two attached hydrogens (primary N) is 1. The van der Waals surface area contributed by atoms with Crippen molar-refractivity contribution >= 4 is 12.4 Å². The average Bonchev–Trinajstić information content (AvgIpc) is 2.47. The normalized spacial score (nSPS) is 19.9. The van der Waals surface area contributed by atoms with E-state index in [0.717, 1.165) is 12.8 Å². The van der Waals surface area contributed by atoms with E-state index >= 15 is 0 Å². The van der Waals surface area contributed by atoms with Crippen LogP contribution in [-0.4, -0.2) is 0 Å². The lowest BCUT2D eigenvalue weighted by Crippen LogP contribution is -2.26. The van der Waals surface area contributed by atoms with E-state index in [0.29, 0.717) is 6.04 Å². The maximum atomic E-state index is 5.40. The number of hydrogen-bond donors (Lipinski definition) is 2. The molecule has 0 saturated carbocycles. The van der Waals surface area contributed by atoms with Crippen LogP contribution in [0.5, 0.6) is 0 Å². The van der Waals surface area contributed by atoms with Crippen LogP contribution in [0.25, 0.3) is 0 Å². The van der Waals surface area contributed by atoms with Crippen molar-refractivity contribution in [3.05, 3.63) is 35.4 Å². The Kier molecular flexibility index (Phi) is 3.09. The van der Waals surface area contributed by atoms with Crippen LogP contribution in [0.4, 0.5) is 0 Å². The molecule has 0 fully saturated rings. The molecule has 0 amide bonds. The van der Waals surface area contributed by atoms with Crippen LogP contribution in [-0.2, 0) is 6.42 Å². The Bertz CT molecular complexity index is 262. The summed E-state index contributed by atoms with van der Waals surface area (Å²) in [6, 6.07) is 8.84. The minimum absolute atomic E-state index is 0. The van der Waals surface area contributed by atoms with Gasteiger partial charge in [0, 0.05) is 6.04 Å². The van der Waals surface area contributed by atoms with Crippen molar-refractivity contribution in [1.82, 2.24) is 5.43 Å². The summed E-state index contributed by atoms with van der Waals surface area (Å²) in [5, 5.41) is 0. The van der Waals surface area contributed by atoms with Crippen molar-refractivity contribution in [1.29, 1.82) is 0 Å². The van der Waals surface area contributed by atoms with Crippen LogP contribution >= 0.6 is 12.4 Å². The lowest BCUT2D eigenvalue weighted by atomic mass is 10.1. The van der Waals surface area contributed by atoms with Crippen molar-refractivity contribution in [2.24, 2.45) is 5.84 Å². The summed E-state index contributed by atoms with van der Waals surface area (Å²) in [5.41, 5.74) is 5.63. The Labute approximate surface area is 78.5 Å². The highest BCUT2D eigenvalue weighted by atomic mass is 35.5. The van der Waals surface area contributed by atoms with Gasteiger partial charge in [0.25, 0.3) is 0 Å². The van der Waals surface area contributed by atoms with Gasteiger partial charge >= 0.3 is 0 Å². The molecule has 1 atom stereocenters. The predicted molar refractivity (Wildman–Crippen MR) is 52.1 cm³/mol. The predicted octanol–water partition coefficient (Wildman–Crippen LogP) is 1.56. The van der Waals surface area contributed by atoms with Gasteiger partial charge in [0.15, 0.2) is 0 Å². The number of aryl methyl sites for hydroxylation is 1. The van der Waals surface area contributed by atoms with Crippen molar-refractivity contribution < 1.29 is 0 Å². The number of nitrogens with one attached hydrogen (secondary N) is 1. The molecular formula is C9H13ClN2. The fraction of sp³-hybridized carbons (Fsp3) is 0.333. The molecule has 3 N–H and O–H groups in total. The molecule has 0 aromatic heterocycles. The maximum Gasteiger partial charge on any atom is 0.0465 e. The van der Waals surface area contributed by atoms with Crippen molar-refractivity contribution in [2.75, 3.05) is 0 Å². The third-order valence-electron chi connectivity index (χ3n) is 2.33. The fourth-order valence-corrected chi connectivity index (χ4v) is 1.73. The topological polar surface area (TPSA) is 38.0 Å². The summed E-state index contributed by atoms with van der Waals surface area (Å²) in [6.07, 6.45) is 2.29. The summed E-state index contributed by atoms with van der Waals surface area (Å²) < 4.78 is 0. The van der Waals surface area contributed by atoms with Crippen molar-refractivity contribution in [3.8, 4) is 0 Å². The zero-order valence-corrected chi connectivity index (χ0v) is 7.60. The van der Waals surface area contributed by atoms with E-state index < -0.39 is 0 Å². The summed E-state index contributed by atoms with van der Waals surface area (Å²) >= 11 is 0. The maximum absolute atomic E-state index is 5.40. The van der Waals surface area contributed by atoms with Crippen molar-refractivity contribution in [2.45, 2.75) is 18.9 Å². The van der Waals surface area contributed by atoms with Crippen LogP contribution in [0.3, 0.4) is 0 Å². The van der Waals surface area contributed by atoms with E-state index in [-0.39, 0.29) is 12.4 Å². The number of halogens is 1. The molecule has 0 bridgehead atoms. The highest BCUT2D eigenvalue weighted by molar-refractivity contribution is 5.85. The minimum Gasteiger partial charge on any atom is -0.271 e. The SMILES string of the molecule is Cl.NNC1CCc2ccccc21. The van der Waals surface area contributed by atoms with Gasteiger partial charge in [-0.1, -0.05) is 24.3 Å². The molecule has 0 saturated heterocycles. The first-order valence-electron chi connectivity index (χ1n) is 3.96. The molecule has 1 aromatic carbocycles. The highest BCUT2D eigenvalue weighted by Crippen LogP contribution is 2.29. The first kappa shape index (κ1) is 9.52. The molecule has 1 unspecified atom stereocenters. The second kappa shape index (κ2) is 3.90. The number of hydrogen-bond acceptors (Lipinski definition) is 2. The third kappa shape index (κ3) is 1.46. The Morgan fingerprint density at radius 1 is 1.33 bits per heavy atom. The largest absolute Gasteiger partial charge is 0.271 e. The Morgan fingerprint density at radius 3 is 2.83 bits per heavy atom.